The van der Waals surface area contributed by atoms with Gasteiger partial charge in [0.1, 0.15) is 0 Å². The standard InChI is InChI=1S/C17H24N2O5S2/c20-17(18-15-8-11-25(21,22)13-15)14-6-5-7-16(12-14)26(23,24)19-9-3-1-2-4-10-19/h5-7,12,15H,1-4,8-11,13H2,(H,18,20)/t15-/m0/s1. The highest BCUT2D eigenvalue weighted by Crippen LogP contribution is 2.21. The summed E-state index contributed by atoms with van der Waals surface area (Å²) in [5, 5.41) is 2.69. The maximum absolute atomic E-state index is 12.9. The van der Waals surface area contributed by atoms with Crippen LogP contribution >= 0.6 is 0 Å². The number of nitrogens with zero attached hydrogens (tertiary/aromatic N) is 1. The molecule has 0 aliphatic carbocycles. The summed E-state index contributed by atoms with van der Waals surface area (Å²) in [6.07, 6.45) is 4.13. The second-order valence-corrected chi connectivity index (χ2v) is 11.1. The summed E-state index contributed by atoms with van der Waals surface area (Å²) in [6, 6.07) is 5.54. The molecule has 9 heteroatoms. The summed E-state index contributed by atoms with van der Waals surface area (Å²) in [5.41, 5.74) is 0.227. The van der Waals surface area contributed by atoms with Gasteiger partial charge in [0.25, 0.3) is 5.91 Å². The summed E-state index contributed by atoms with van der Waals surface area (Å²) in [4.78, 5) is 12.5. The predicted molar refractivity (Wildman–Crippen MR) is 98.2 cm³/mol. The molecule has 0 saturated carbocycles. The van der Waals surface area contributed by atoms with E-state index in [1.54, 1.807) is 12.1 Å². The van der Waals surface area contributed by atoms with Crippen LogP contribution in [-0.4, -0.2) is 57.7 Å². The van der Waals surface area contributed by atoms with Gasteiger partial charge in [0, 0.05) is 24.7 Å². The lowest BCUT2D eigenvalue weighted by atomic mass is 10.2. The number of carbonyl (C=O) groups excluding carboxylic acids is 1. The van der Waals surface area contributed by atoms with Gasteiger partial charge >= 0.3 is 0 Å². The highest BCUT2D eigenvalue weighted by molar-refractivity contribution is 7.91. The molecule has 1 atom stereocenters. The van der Waals surface area contributed by atoms with Crippen LogP contribution in [0.5, 0.6) is 0 Å². The first-order valence-electron chi connectivity index (χ1n) is 8.89. The molecule has 0 radical (unpaired) electrons. The van der Waals surface area contributed by atoms with Crippen molar-refractivity contribution in [3.05, 3.63) is 29.8 Å². The molecule has 1 amide bonds. The van der Waals surface area contributed by atoms with E-state index in [1.165, 1.54) is 16.4 Å². The Kier molecular flexibility index (Phi) is 5.69. The topological polar surface area (TPSA) is 101 Å². The van der Waals surface area contributed by atoms with Crippen molar-refractivity contribution in [1.29, 1.82) is 0 Å². The van der Waals surface area contributed by atoms with Crippen LogP contribution in [0.15, 0.2) is 29.2 Å². The normalized spacial score (nSPS) is 24.1. The lowest BCUT2D eigenvalue weighted by Gasteiger charge is -2.20. The first-order chi connectivity index (χ1) is 12.3. The van der Waals surface area contributed by atoms with Crippen LogP contribution in [0.4, 0.5) is 0 Å². The van der Waals surface area contributed by atoms with E-state index in [2.05, 4.69) is 5.32 Å². The zero-order valence-electron chi connectivity index (χ0n) is 14.6. The lowest BCUT2D eigenvalue weighted by Crippen LogP contribution is -2.36. The van der Waals surface area contributed by atoms with Crippen molar-refractivity contribution in [2.45, 2.75) is 43.0 Å². The second kappa shape index (κ2) is 7.66. The summed E-state index contributed by atoms with van der Waals surface area (Å²) in [6.45, 7) is 0.997. The van der Waals surface area contributed by atoms with Crippen LogP contribution in [-0.2, 0) is 19.9 Å². The number of nitrogens with one attached hydrogen (secondary N) is 1. The SMILES string of the molecule is O=C(N[C@H]1CCS(=O)(=O)C1)c1cccc(S(=O)(=O)N2CCCCCC2)c1. The Hall–Kier alpha value is -1.45. The fourth-order valence-corrected chi connectivity index (χ4v) is 6.64. The molecule has 144 valence electrons. The van der Waals surface area contributed by atoms with Crippen LogP contribution in [0.1, 0.15) is 42.5 Å². The highest BCUT2D eigenvalue weighted by Gasteiger charge is 2.30. The molecule has 1 N–H and O–H groups in total. The van der Waals surface area contributed by atoms with E-state index in [0.29, 0.717) is 19.5 Å². The van der Waals surface area contributed by atoms with E-state index in [0.717, 1.165) is 25.7 Å². The number of benzene rings is 1. The third-order valence-corrected chi connectivity index (χ3v) is 8.53. The Morgan fingerprint density at radius 3 is 2.42 bits per heavy atom. The number of amides is 1. The smallest absolute Gasteiger partial charge is 0.251 e. The van der Waals surface area contributed by atoms with E-state index in [1.807, 2.05) is 0 Å². The molecule has 2 aliphatic heterocycles. The molecule has 26 heavy (non-hydrogen) atoms. The molecular weight excluding hydrogens is 376 g/mol. The Bertz CT molecular complexity index is 872. The van der Waals surface area contributed by atoms with E-state index >= 15 is 0 Å². The fraction of sp³-hybridized carbons (Fsp3) is 0.588. The number of rotatable bonds is 4. The quantitative estimate of drug-likeness (QED) is 0.818. The first-order valence-corrected chi connectivity index (χ1v) is 12.2. The molecule has 2 fully saturated rings. The molecule has 0 bridgehead atoms. The molecule has 7 nitrogen and oxygen atoms in total. The average molecular weight is 401 g/mol. The molecule has 2 aliphatic rings. The Morgan fingerprint density at radius 1 is 1.12 bits per heavy atom. The van der Waals surface area contributed by atoms with Crippen molar-refractivity contribution in [1.82, 2.24) is 9.62 Å². The molecule has 0 unspecified atom stereocenters. The van der Waals surface area contributed by atoms with Crippen molar-refractivity contribution in [3.8, 4) is 0 Å². The van der Waals surface area contributed by atoms with Crippen molar-refractivity contribution >= 4 is 25.8 Å². The van der Waals surface area contributed by atoms with Gasteiger partial charge in [-0.15, -0.1) is 0 Å². The summed E-state index contributed by atoms with van der Waals surface area (Å²) >= 11 is 0. The largest absolute Gasteiger partial charge is 0.348 e. The summed E-state index contributed by atoms with van der Waals surface area (Å²) in [5.74, 6) is -0.439. The Morgan fingerprint density at radius 2 is 1.81 bits per heavy atom. The Balaban J connectivity index is 1.76. The number of sulfonamides is 1. The van der Waals surface area contributed by atoms with Gasteiger partial charge in [-0.05, 0) is 37.5 Å². The number of sulfone groups is 1. The van der Waals surface area contributed by atoms with Gasteiger partial charge in [0.05, 0.1) is 16.4 Å². The van der Waals surface area contributed by atoms with Crippen molar-refractivity contribution in [2.75, 3.05) is 24.6 Å². The van der Waals surface area contributed by atoms with Crippen molar-refractivity contribution < 1.29 is 21.6 Å². The van der Waals surface area contributed by atoms with Gasteiger partial charge < -0.3 is 5.32 Å². The van der Waals surface area contributed by atoms with E-state index in [4.69, 9.17) is 0 Å². The van der Waals surface area contributed by atoms with Crippen LogP contribution in [0.25, 0.3) is 0 Å². The maximum Gasteiger partial charge on any atom is 0.251 e. The van der Waals surface area contributed by atoms with Gasteiger partial charge in [0.2, 0.25) is 10.0 Å². The van der Waals surface area contributed by atoms with Gasteiger partial charge in [0.15, 0.2) is 9.84 Å². The number of hydrogen-bond acceptors (Lipinski definition) is 5. The monoisotopic (exact) mass is 400 g/mol. The highest BCUT2D eigenvalue weighted by atomic mass is 32.2. The zero-order chi connectivity index (χ0) is 18.8. The Labute approximate surface area is 154 Å². The van der Waals surface area contributed by atoms with Gasteiger partial charge in [-0.2, -0.15) is 4.31 Å². The van der Waals surface area contributed by atoms with Gasteiger partial charge in [-0.25, -0.2) is 16.8 Å². The fourth-order valence-electron chi connectivity index (χ4n) is 3.41. The predicted octanol–water partition coefficient (Wildman–Crippen LogP) is 1.17. The molecule has 2 heterocycles. The third kappa shape index (κ3) is 4.44. The van der Waals surface area contributed by atoms with Crippen LogP contribution in [0, 0.1) is 0 Å². The van der Waals surface area contributed by atoms with Crippen molar-refractivity contribution in [2.24, 2.45) is 0 Å². The second-order valence-electron chi connectivity index (χ2n) is 6.92. The molecule has 0 spiro atoms. The van der Waals surface area contributed by atoms with Gasteiger partial charge in [-0.1, -0.05) is 18.9 Å². The van der Waals surface area contributed by atoms with E-state index in [9.17, 15) is 21.6 Å². The van der Waals surface area contributed by atoms with E-state index in [-0.39, 0.29) is 22.0 Å². The molecular formula is C17H24N2O5S2. The van der Waals surface area contributed by atoms with Crippen LogP contribution in [0.2, 0.25) is 0 Å². The lowest BCUT2D eigenvalue weighted by molar-refractivity contribution is 0.0941. The summed E-state index contributed by atoms with van der Waals surface area (Å²) < 4.78 is 50.2. The minimum Gasteiger partial charge on any atom is -0.348 e. The summed E-state index contributed by atoms with van der Waals surface area (Å²) in [7, 11) is -6.72. The molecule has 1 aromatic rings. The minimum atomic E-state index is -3.63. The first kappa shape index (κ1) is 19.3. The average Bonchev–Trinajstić information content (AvgIpc) is 2.81. The molecule has 0 aromatic heterocycles. The maximum atomic E-state index is 12.9. The van der Waals surface area contributed by atoms with Crippen LogP contribution < -0.4 is 5.32 Å². The third-order valence-electron chi connectivity index (χ3n) is 4.87. The number of hydrogen-bond donors (Lipinski definition) is 1. The number of carbonyl (C=O) groups is 1. The molecule has 2 saturated heterocycles. The van der Waals surface area contributed by atoms with Gasteiger partial charge in [-0.3, -0.25) is 4.79 Å². The van der Waals surface area contributed by atoms with Crippen LogP contribution in [0.3, 0.4) is 0 Å². The molecule has 3 rings (SSSR count). The molecule has 1 aromatic carbocycles. The minimum absolute atomic E-state index is 0.0650. The van der Waals surface area contributed by atoms with Crippen molar-refractivity contribution in [3.63, 3.8) is 0 Å². The zero-order valence-corrected chi connectivity index (χ0v) is 16.2. The van der Waals surface area contributed by atoms with E-state index < -0.39 is 31.8 Å².